The summed E-state index contributed by atoms with van der Waals surface area (Å²) in [4.78, 5) is 7.83. The number of nitrogens with two attached hydrogens (primary N) is 1. The van der Waals surface area contributed by atoms with Gasteiger partial charge in [-0.2, -0.15) is 13.2 Å². The van der Waals surface area contributed by atoms with Crippen LogP contribution in [0.4, 0.5) is 13.2 Å². The van der Waals surface area contributed by atoms with E-state index in [1.165, 1.54) is 0 Å². The first-order valence-corrected chi connectivity index (χ1v) is 3.32. The lowest BCUT2D eigenvalue weighted by Gasteiger charge is -2.13. The average molecular weight is 179 g/mol. The Labute approximate surface area is 54.7 Å². The molecule has 0 fully saturated rings. The second-order valence-electron chi connectivity index (χ2n) is 1.35. The monoisotopic (exact) mass is 179 g/mol. The van der Waals surface area contributed by atoms with Crippen molar-refractivity contribution in [3.63, 3.8) is 0 Å². The molecule has 0 radical (unpaired) electrons. The molecule has 8 heteroatoms. The van der Waals surface area contributed by atoms with Gasteiger partial charge in [-0.3, -0.25) is 14.8 Å². The maximum Gasteiger partial charge on any atom is 0.428 e. The summed E-state index contributed by atoms with van der Waals surface area (Å²) >= 11 is 0. The van der Waals surface area contributed by atoms with Crippen LogP contribution in [-0.4, -0.2) is 17.3 Å². The van der Waals surface area contributed by atoms with E-state index < -0.39 is 20.7 Å². The quantitative estimate of drug-likeness (QED) is 0.470. The molecule has 0 aromatic rings. The Bertz CT molecular complexity index is 136. The molecule has 0 aromatic carbocycles. The van der Waals surface area contributed by atoms with Crippen molar-refractivity contribution in [3.05, 3.63) is 0 Å². The van der Waals surface area contributed by atoms with Gasteiger partial charge in [0.05, 0.1) is 0 Å². The van der Waals surface area contributed by atoms with Crippen molar-refractivity contribution in [1.29, 1.82) is 0 Å². The molecule has 0 rings (SSSR count). The zero-order chi connectivity index (χ0) is 8.36. The first-order chi connectivity index (χ1) is 4.34. The molecule has 0 saturated heterocycles. The van der Waals surface area contributed by atoms with Gasteiger partial charge in [-0.25, -0.2) is 0 Å². The molecule has 10 heavy (non-hydrogen) atoms. The maximum absolute atomic E-state index is 11.3. The predicted molar refractivity (Wildman–Crippen MR) is 26.3 cm³/mol. The van der Waals surface area contributed by atoms with E-state index in [0.717, 1.165) is 0 Å². The van der Waals surface area contributed by atoms with Gasteiger partial charge in [0.15, 0.2) is 0 Å². The lowest BCUT2D eigenvalue weighted by atomic mass is 10.6. The summed E-state index contributed by atoms with van der Waals surface area (Å²) in [5.41, 5.74) is 4.27. The van der Waals surface area contributed by atoms with Crippen LogP contribution in [0, 0.1) is 0 Å². The summed E-state index contributed by atoms with van der Waals surface area (Å²) in [5, 5.41) is 0. The molecule has 0 heterocycles. The second-order valence-corrected chi connectivity index (χ2v) is 2.11. The Morgan fingerprint density at radius 2 is 2.00 bits per heavy atom. The highest BCUT2D eigenvalue weighted by atomic mass is 31.1. The minimum Gasteiger partial charge on any atom is -0.326 e. The first-order valence-electron chi connectivity index (χ1n) is 2.06. The van der Waals surface area contributed by atoms with E-state index >= 15 is 0 Å². The molecule has 62 valence electrons. The molecule has 0 saturated carbocycles. The molecular formula is C2H5F3NO3P. The first kappa shape index (κ1) is 9.90. The maximum atomic E-state index is 11.3. The highest BCUT2D eigenvalue weighted by Gasteiger charge is 2.38. The third-order valence-corrected chi connectivity index (χ3v) is 1.01. The van der Waals surface area contributed by atoms with E-state index in [0.29, 0.717) is 0 Å². The van der Waals surface area contributed by atoms with Gasteiger partial charge in [-0.1, -0.05) is 0 Å². The molecule has 0 bridgehead atoms. The average Bonchev–Trinajstić information content (AvgIpc) is 1.60. The third kappa shape index (κ3) is 3.84. The van der Waals surface area contributed by atoms with Gasteiger partial charge < -0.3 is 4.89 Å². The second kappa shape index (κ2) is 3.34. The van der Waals surface area contributed by atoms with E-state index in [9.17, 15) is 17.7 Å². The van der Waals surface area contributed by atoms with E-state index in [2.05, 4.69) is 10.3 Å². The van der Waals surface area contributed by atoms with Crippen molar-refractivity contribution in [2.75, 3.05) is 0 Å². The van der Waals surface area contributed by atoms with Gasteiger partial charge >= 0.3 is 14.4 Å². The molecule has 0 spiro atoms. The van der Waals surface area contributed by atoms with Crippen molar-refractivity contribution < 1.29 is 27.2 Å². The van der Waals surface area contributed by atoms with Crippen molar-refractivity contribution >= 4 is 8.25 Å². The smallest absolute Gasteiger partial charge is 0.326 e. The topological polar surface area (TPSA) is 72.5 Å². The summed E-state index contributed by atoms with van der Waals surface area (Å²) in [6.07, 6.45) is -7.47. The zero-order valence-electron chi connectivity index (χ0n) is 4.55. The number of halogens is 3. The molecule has 0 aliphatic heterocycles. The molecule has 3 N–H and O–H groups in total. The van der Waals surface area contributed by atoms with E-state index in [-0.39, 0.29) is 0 Å². The summed E-state index contributed by atoms with van der Waals surface area (Å²) in [6, 6.07) is 0. The highest BCUT2D eigenvalue weighted by Crippen LogP contribution is 2.26. The minimum absolute atomic E-state index is 2.68. The number of hydrogen-bond donors (Lipinski definition) is 2. The largest absolute Gasteiger partial charge is 0.428 e. The van der Waals surface area contributed by atoms with Crippen molar-refractivity contribution in [2.24, 2.45) is 5.73 Å². The lowest BCUT2D eigenvalue weighted by Crippen LogP contribution is -2.37. The van der Waals surface area contributed by atoms with Crippen molar-refractivity contribution in [3.8, 4) is 0 Å². The van der Waals surface area contributed by atoms with Crippen LogP contribution in [0.25, 0.3) is 0 Å². The number of alkyl halides is 3. The molecule has 4 nitrogen and oxygen atoms in total. The highest BCUT2D eigenvalue weighted by molar-refractivity contribution is 7.32. The summed E-state index contributed by atoms with van der Waals surface area (Å²) in [7, 11) is -3.61. The Kier molecular flexibility index (Phi) is 3.30. The molecule has 0 amide bonds. The van der Waals surface area contributed by atoms with Crippen LogP contribution >= 0.6 is 8.25 Å². The fourth-order valence-electron chi connectivity index (χ4n) is 0.175. The van der Waals surface area contributed by atoms with Crippen LogP contribution in [0.15, 0.2) is 0 Å². The van der Waals surface area contributed by atoms with E-state index in [4.69, 9.17) is 4.89 Å². The summed E-state index contributed by atoms with van der Waals surface area (Å²) in [5.74, 6) is 0. The van der Waals surface area contributed by atoms with Crippen LogP contribution in [-0.2, 0) is 9.09 Å². The molecule has 0 aliphatic carbocycles. The van der Waals surface area contributed by atoms with E-state index in [1.807, 2.05) is 0 Å². The van der Waals surface area contributed by atoms with Crippen LogP contribution < -0.4 is 5.73 Å². The van der Waals surface area contributed by atoms with Gasteiger partial charge in [0.2, 0.25) is 6.23 Å². The fourth-order valence-corrected chi connectivity index (χ4v) is 0.526. The molecule has 0 aromatic heterocycles. The van der Waals surface area contributed by atoms with Gasteiger partial charge in [0.25, 0.3) is 0 Å². The van der Waals surface area contributed by atoms with Crippen LogP contribution in [0.1, 0.15) is 0 Å². The van der Waals surface area contributed by atoms with Crippen LogP contribution in [0.3, 0.4) is 0 Å². The van der Waals surface area contributed by atoms with Crippen LogP contribution in [0.5, 0.6) is 0 Å². The molecule has 0 aliphatic rings. The normalized spacial score (nSPS) is 18.5. The Morgan fingerprint density at radius 3 is 2.10 bits per heavy atom. The number of rotatable bonds is 2. The van der Waals surface area contributed by atoms with Gasteiger partial charge in [0, 0.05) is 0 Å². The van der Waals surface area contributed by atoms with Gasteiger partial charge in [0.1, 0.15) is 0 Å². The van der Waals surface area contributed by atoms with Gasteiger partial charge in [-0.15, -0.1) is 0 Å². The van der Waals surface area contributed by atoms with Crippen molar-refractivity contribution in [1.82, 2.24) is 0 Å². The SMILES string of the molecule is NC(O[PH](=O)O)C(F)(F)F. The molecular weight excluding hydrogens is 174 g/mol. The van der Waals surface area contributed by atoms with Crippen LogP contribution in [0.2, 0.25) is 0 Å². The zero-order valence-corrected chi connectivity index (χ0v) is 5.55. The summed E-state index contributed by atoms with van der Waals surface area (Å²) in [6.45, 7) is 0. The fraction of sp³-hybridized carbons (Fsp3) is 1.00. The van der Waals surface area contributed by atoms with Crippen molar-refractivity contribution in [2.45, 2.75) is 12.4 Å². The van der Waals surface area contributed by atoms with E-state index in [1.54, 1.807) is 0 Å². The Morgan fingerprint density at radius 1 is 1.60 bits per heavy atom. The summed E-state index contributed by atoms with van der Waals surface area (Å²) < 4.78 is 47.0. The molecule has 2 unspecified atom stereocenters. The molecule has 2 atom stereocenters. The third-order valence-electron chi connectivity index (χ3n) is 0.550. The number of hydrogen-bond acceptors (Lipinski definition) is 3. The predicted octanol–water partition coefficient (Wildman–Crippen LogP) is 0.232. The Balaban J connectivity index is 3.85. The Hall–Kier alpha value is -0.100. The lowest BCUT2D eigenvalue weighted by molar-refractivity contribution is -0.193. The minimum atomic E-state index is -4.79. The standard InChI is InChI=1S/C2H5F3NO3P/c3-2(4,5)1(6)9-10(7)8/h1,10H,6H2,(H,7,8). The van der Waals surface area contributed by atoms with Gasteiger partial charge in [-0.05, 0) is 0 Å².